The molecule has 0 heterocycles. The molecule has 0 aliphatic rings. The standard InChI is InChI=1S/C26H24BrN3O5/c1-3-13-34-22-10-7-18(8-11-22)26(33)35-23-12-9-20(27)15-19(23)16-28-30-25(32)24(31)29-21-6-4-5-17(2)14-21/h4-12,14-16H,3,13H2,1-2H3,(H,29,31)(H,30,32)/b28-16-. The molecule has 35 heavy (non-hydrogen) atoms. The van der Waals surface area contributed by atoms with E-state index in [1.165, 1.54) is 6.21 Å². The molecule has 0 aliphatic carbocycles. The third-order valence-electron chi connectivity index (χ3n) is 4.59. The van der Waals surface area contributed by atoms with Crippen LogP contribution in [0.4, 0.5) is 5.69 Å². The van der Waals surface area contributed by atoms with E-state index in [-0.39, 0.29) is 5.75 Å². The van der Waals surface area contributed by atoms with Crippen LogP contribution in [0, 0.1) is 6.92 Å². The number of hydrogen-bond acceptors (Lipinski definition) is 6. The van der Waals surface area contributed by atoms with Crippen LogP contribution in [0.1, 0.15) is 34.8 Å². The van der Waals surface area contributed by atoms with E-state index in [1.807, 2.05) is 19.9 Å². The fourth-order valence-corrected chi connectivity index (χ4v) is 3.28. The summed E-state index contributed by atoms with van der Waals surface area (Å²) in [6, 6.07) is 18.7. The van der Waals surface area contributed by atoms with Gasteiger partial charge in [-0.25, -0.2) is 10.2 Å². The molecule has 0 aliphatic heterocycles. The number of aryl methyl sites for hydroxylation is 1. The van der Waals surface area contributed by atoms with Gasteiger partial charge in [0.2, 0.25) is 0 Å². The molecular weight excluding hydrogens is 514 g/mol. The number of hydrogen-bond donors (Lipinski definition) is 2. The zero-order valence-electron chi connectivity index (χ0n) is 19.2. The lowest BCUT2D eigenvalue weighted by atomic mass is 10.2. The van der Waals surface area contributed by atoms with Crippen molar-refractivity contribution < 1.29 is 23.9 Å². The SMILES string of the molecule is CCCOc1ccc(C(=O)Oc2ccc(Br)cc2/C=N\NC(=O)C(=O)Nc2cccc(C)c2)cc1. The van der Waals surface area contributed by atoms with E-state index in [9.17, 15) is 14.4 Å². The molecule has 180 valence electrons. The number of carbonyl (C=O) groups is 3. The van der Waals surface area contributed by atoms with E-state index in [1.54, 1.807) is 60.7 Å². The van der Waals surface area contributed by atoms with Crippen LogP contribution in [-0.4, -0.2) is 30.6 Å². The van der Waals surface area contributed by atoms with Crippen molar-refractivity contribution in [2.24, 2.45) is 5.10 Å². The van der Waals surface area contributed by atoms with Crippen molar-refractivity contribution >= 4 is 45.6 Å². The van der Waals surface area contributed by atoms with E-state index in [4.69, 9.17) is 9.47 Å². The lowest BCUT2D eigenvalue weighted by Crippen LogP contribution is -2.32. The van der Waals surface area contributed by atoms with Crippen LogP contribution < -0.4 is 20.2 Å². The first kappa shape index (κ1) is 25.6. The Morgan fingerprint density at radius 3 is 2.49 bits per heavy atom. The fraction of sp³-hybridized carbons (Fsp3) is 0.154. The number of rotatable bonds is 8. The molecule has 0 bridgehead atoms. The summed E-state index contributed by atoms with van der Waals surface area (Å²) in [4.78, 5) is 36.8. The van der Waals surface area contributed by atoms with Crippen LogP contribution in [0.5, 0.6) is 11.5 Å². The third-order valence-corrected chi connectivity index (χ3v) is 5.08. The third kappa shape index (κ3) is 7.79. The Morgan fingerprint density at radius 1 is 1.00 bits per heavy atom. The number of anilines is 1. The summed E-state index contributed by atoms with van der Waals surface area (Å²) in [7, 11) is 0. The molecule has 8 nitrogen and oxygen atoms in total. The van der Waals surface area contributed by atoms with Gasteiger partial charge < -0.3 is 14.8 Å². The fourth-order valence-electron chi connectivity index (χ4n) is 2.90. The monoisotopic (exact) mass is 537 g/mol. The maximum absolute atomic E-state index is 12.6. The minimum absolute atomic E-state index is 0.228. The van der Waals surface area contributed by atoms with Crippen molar-refractivity contribution in [3.05, 3.63) is 87.9 Å². The van der Waals surface area contributed by atoms with Gasteiger partial charge >= 0.3 is 17.8 Å². The predicted octanol–water partition coefficient (Wildman–Crippen LogP) is 4.85. The molecule has 2 N–H and O–H groups in total. The molecule has 0 saturated heterocycles. The molecule has 2 amide bonds. The molecule has 0 saturated carbocycles. The summed E-state index contributed by atoms with van der Waals surface area (Å²) in [6.45, 7) is 4.48. The second kappa shape index (κ2) is 12.5. The van der Waals surface area contributed by atoms with Gasteiger partial charge in [-0.2, -0.15) is 5.10 Å². The Morgan fingerprint density at radius 2 is 1.77 bits per heavy atom. The Bertz CT molecular complexity index is 1240. The van der Waals surface area contributed by atoms with Crippen LogP contribution in [-0.2, 0) is 9.59 Å². The number of carbonyl (C=O) groups excluding carboxylic acids is 3. The highest BCUT2D eigenvalue weighted by molar-refractivity contribution is 9.10. The van der Waals surface area contributed by atoms with Crippen molar-refractivity contribution in [1.82, 2.24) is 5.43 Å². The molecule has 0 unspecified atom stereocenters. The predicted molar refractivity (Wildman–Crippen MR) is 137 cm³/mol. The van der Waals surface area contributed by atoms with Gasteiger partial charge in [0.05, 0.1) is 18.4 Å². The van der Waals surface area contributed by atoms with Gasteiger partial charge in [0.25, 0.3) is 0 Å². The second-order valence-electron chi connectivity index (χ2n) is 7.47. The summed E-state index contributed by atoms with van der Waals surface area (Å²) in [5, 5.41) is 6.33. The average molecular weight is 538 g/mol. The number of halogens is 1. The van der Waals surface area contributed by atoms with Crippen LogP contribution in [0.15, 0.2) is 76.3 Å². The lowest BCUT2D eigenvalue weighted by molar-refractivity contribution is -0.136. The van der Waals surface area contributed by atoms with Crippen molar-refractivity contribution in [3.63, 3.8) is 0 Å². The number of nitrogens with zero attached hydrogens (tertiary/aromatic N) is 1. The Labute approximate surface area is 211 Å². The first-order valence-corrected chi connectivity index (χ1v) is 11.6. The van der Waals surface area contributed by atoms with Gasteiger partial charge in [0.15, 0.2) is 0 Å². The Balaban J connectivity index is 1.63. The van der Waals surface area contributed by atoms with Gasteiger partial charge in [-0.05, 0) is 73.5 Å². The molecule has 9 heteroatoms. The van der Waals surface area contributed by atoms with Crippen molar-refractivity contribution in [2.75, 3.05) is 11.9 Å². The summed E-state index contributed by atoms with van der Waals surface area (Å²) in [5.41, 5.74) is 4.37. The molecule has 0 aromatic heterocycles. The molecule has 3 aromatic rings. The summed E-state index contributed by atoms with van der Waals surface area (Å²) in [5.74, 6) is -1.47. The highest BCUT2D eigenvalue weighted by Crippen LogP contribution is 2.23. The molecule has 0 fully saturated rings. The van der Waals surface area contributed by atoms with Crippen molar-refractivity contribution in [3.8, 4) is 11.5 Å². The highest BCUT2D eigenvalue weighted by atomic mass is 79.9. The quantitative estimate of drug-likeness (QED) is 0.140. The Hall–Kier alpha value is -3.98. The smallest absolute Gasteiger partial charge is 0.343 e. The Kier molecular flexibility index (Phi) is 9.14. The van der Waals surface area contributed by atoms with Gasteiger partial charge in [-0.15, -0.1) is 0 Å². The summed E-state index contributed by atoms with van der Waals surface area (Å²) >= 11 is 3.36. The van der Waals surface area contributed by atoms with Crippen LogP contribution in [0.25, 0.3) is 0 Å². The van der Waals surface area contributed by atoms with Gasteiger partial charge in [-0.3, -0.25) is 9.59 Å². The minimum Gasteiger partial charge on any atom is -0.494 e. The summed E-state index contributed by atoms with van der Waals surface area (Å²) in [6.07, 6.45) is 2.17. The first-order chi connectivity index (χ1) is 16.9. The van der Waals surface area contributed by atoms with E-state index in [0.717, 1.165) is 12.0 Å². The largest absolute Gasteiger partial charge is 0.494 e. The minimum atomic E-state index is -0.943. The number of ether oxygens (including phenoxy) is 2. The average Bonchev–Trinajstić information content (AvgIpc) is 2.84. The van der Waals surface area contributed by atoms with Gasteiger partial charge in [0.1, 0.15) is 11.5 Å². The maximum atomic E-state index is 12.6. The maximum Gasteiger partial charge on any atom is 0.343 e. The molecule has 3 aromatic carbocycles. The number of esters is 1. The zero-order chi connectivity index (χ0) is 25.2. The van der Waals surface area contributed by atoms with E-state index >= 15 is 0 Å². The molecule has 0 spiro atoms. The normalized spacial score (nSPS) is 10.6. The van der Waals surface area contributed by atoms with E-state index in [2.05, 4.69) is 31.8 Å². The van der Waals surface area contributed by atoms with Gasteiger partial charge in [-0.1, -0.05) is 35.0 Å². The highest BCUT2D eigenvalue weighted by Gasteiger charge is 2.14. The van der Waals surface area contributed by atoms with Crippen molar-refractivity contribution in [1.29, 1.82) is 0 Å². The zero-order valence-corrected chi connectivity index (χ0v) is 20.8. The number of nitrogens with one attached hydrogen (secondary N) is 2. The van der Waals surface area contributed by atoms with Crippen LogP contribution in [0.3, 0.4) is 0 Å². The lowest BCUT2D eigenvalue weighted by Gasteiger charge is -2.09. The molecular formula is C26H24BrN3O5. The van der Waals surface area contributed by atoms with Crippen LogP contribution >= 0.6 is 15.9 Å². The number of hydrazone groups is 1. The van der Waals surface area contributed by atoms with Gasteiger partial charge in [0, 0.05) is 15.7 Å². The van der Waals surface area contributed by atoms with Crippen molar-refractivity contribution in [2.45, 2.75) is 20.3 Å². The van der Waals surface area contributed by atoms with Crippen LogP contribution in [0.2, 0.25) is 0 Å². The topological polar surface area (TPSA) is 106 Å². The second-order valence-corrected chi connectivity index (χ2v) is 8.38. The van der Waals surface area contributed by atoms with E-state index in [0.29, 0.717) is 33.6 Å². The number of benzene rings is 3. The molecule has 0 atom stereocenters. The summed E-state index contributed by atoms with van der Waals surface area (Å²) < 4.78 is 11.7. The first-order valence-electron chi connectivity index (χ1n) is 10.8. The molecule has 3 rings (SSSR count). The van der Waals surface area contributed by atoms with E-state index < -0.39 is 17.8 Å². The number of amides is 2. The molecule has 0 radical (unpaired) electrons.